The summed E-state index contributed by atoms with van der Waals surface area (Å²) in [6.45, 7) is 10.8. The molecule has 6 atom stereocenters. The summed E-state index contributed by atoms with van der Waals surface area (Å²) in [7, 11) is 5.34. The molecule has 20 heteroatoms. The molecule has 0 spiro atoms. The van der Waals surface area contributed by atoms with Crippen LogP contribution >= 0.6 is 0 Å². The van der Waals surface area contributed by atoms with Crippen LogP contribution in [0.2, 0.25) is 0 Å². The number of hydrogen-bond donors (Lipinski definition) is 8. The van der Waals surface area contributed by atoms with Gasteiger partial charge in [0.1, 0.15) is 23.0 Å². The lowest BCUT2D eigenvalue weighted by Crippen LogP contribution is -2.40. The van der Waals surface area contributed by atoms with E-state index in [4.69, 9.17) is 18.9 Å². The Hall–Kier alpha value is -5.96. The maximum absolute atomic E-state index is 13.3. The standard InChI is InChI=1S/2C24H29F3N2O5.CH4/c2*1-23(2,3)12-9-15(21(31)24(25,26)27)20(34-5)17(10-12)29-22(32)28-16-11-14-13(19(16)30)7-6-8-18(14)33-4;/h2*6-10,16,19,21,30-31H,11H2,1-5H3,(H2,28,29,32);1H4/t16-,19+,21+;16-,19+,21-;/m11./s1. The molecule has 4 aromatic rings. The zero-order valence-corrected chi connectivity index (χ0v) is 39.2. The molecule has 4 aromatic carbocycles. The van der Waals surface area contributed by atoms with Gasteiger partial charge in [-0.15, -0.1) is 0 Å². The lowest BCUT2D eigenvalue weighted by molar-refractivity contribution is -0.207. The third-order valence-corrected chi connectivity index (χ3v) is 11.7. The monoisotopic (exact) mass is 980 g/mol. The van der Waals surface area contributed by atoms with Gasteiger partial charge in [0.05, 0.1) is 64.1 Å². The maximum Gasteiger partial charge on any atom is 0.418 e. The fourth-order valence-electron chi connectivity index (χ4n) is 8.12. The highest BCUT2D eigenvalue weighted by atomic mass is 19.4. The maximum atomic E-state index is 13.3. The number of halogens is 6. The zero-order chi connectivity index (χ0) is 50.8. The Morgan fingerprint density at radius 3 is 1.19 bits per heavy atom. The number of fused-ring (bicyclic) bond motifs is 2. The first-order valence-electron chi connectivity index (χ1n) is 21.3. The fraction of sp³-hybridized carbons (Fsp3) is 0.469. The minimum absolute atomic E-state index is 0. The van der Waals surface area contributed by atoms with Crippen LogP contribution in [0.5, 0.6) is 23.0 Å². The fourth-order valence-corrected chi connectivity index (χ4v) is 8.12. The van der Waals surface area contributed by atoms with E-state index < -0.39 is 82.9 Å². The smallest absolute Gasteiger partial charge is 0.418 e. The molecule has 8 N–H and O–H groups in total. The molecule has 0 heterocycles. The topological polar surface area (TPSA) is 200 Å². The highest BCUT2D eigenvalue weighted by molar-refractivity contribution is 5.93. The van der Waals surface area contributed by atoms with Crippen LogP contribution in [0.3, 0.4) is 0 Å². The van der Waals surface area contributed by atoms with Gasteiger partial charge in [-0.3, -0.25) is 0 Å². The van der Waals surface area contributed by atoms with Crippen molar-refractivity contribution in [1.82, 2.24) is 10.6 Å². The number of methoxy groups -OCH3 is 4. The molecule has 0 aliphatic heterocycles. The number of urea groups is 2. The molecule has 0 saturated carbocycles. The highest BCUT2D eigenvalue weighted by Crippen LogP contribution is 2.46. The van der Waals surface area contributed by atoms with Crippen LogP contribution in [0.4, 0.5) is 47.3 Å². The van der Waals surface area contributed by atoms with Gasteiger partial charge in [-0.2, -0.15) is 26.3 Å². The van der Waals surface area contributed by atoms with Gasteiger partial charge in [0.2, 0.25) is 0 Å². The molecular weight excluding hydrogens is 919 g/mol. The highest BCUT2D eigenvalue weighted by Gasteiger charge is 2.44. The third kappa shape index (κ3) is 12.4. The average Bonchev–Trinajstić information content (AvgIpc) is 3.75. The van der Waals surface area contributed by atoms with E-state index in [1.807, 2.05) is 0 Å². The summed E-state index contributed by atoms with van der Waals surface area (Å²) in [6, 6.07) is 13.1. The number of carbonyl (C=O) groups excluding carboxylic acids is 2. The van der Waals surface area contributed by atoms with Crippen LogP contribution in [-0.4, -0.2) is 85.4 Å². The van der Waals surface area contributed by atoms with Crippen LogP contribution < -0.4 is 40.2 Å². The Balaban J connectivity index is 0.000000296. The number of aliphatic hydroxyl groups excluding tert-OH is 4. The van der Waals surface area contributed by atoms with Crippen molar-refractivity contribution in [2.45, 2.75) is 121 Å². The molecule has 380 valence electrons. The Bertz CT molecular complexity index is 2300. The Labute approximate surface area is 397 Å². The van der Waals surface area contributed by atoms with Crippen molar-refractivity contribution < 1.29 is 75.3 Å². The van der Waals surface area contributed by atoms with E-state index in [-0.39, 0.29) is 30.3 Å². The molecule has 0 bridgehead atoms. The molecule has 69 heavy (non-hydrogen) atoms. The quantitative estimate of drug-likeness (QED) is 0.0709. The largest absolute Gasteiger partial charge is 0.496 e. The Kier molecular flexibility index (Phi) is 17.2. The summed E-state index contributed by atoms with van der Waals surface area (Å²) >= 11 is 0. The second-order valence-corrected chi connectivity index (χ2v) is 18.4. The van der Waals surface area contributed by atoms with Crippen molar-refractivity contribution >= 4 is 23.4 Å². The van der Waals surface area contributed by atoms with Gasteiger partial charge in [0.25, 0.3) is 0 Å². The molecule has 4 amide bonds. The molecule has 0 unspecified atom stereocenters. The summed E-state index contributed by atoms with van der Waals surface area (Å²) in [5.41, 5.74) is 1.47. The molecule has 0 saturated heterocycles. The lowest BCUT2D eigenvalue weighted by atomic mass is 9.84. The first-order valence-corrected chi connectivity index (χ1v) is 21.3. The predicted molar refractivity (Wildman–Crippen MR) is 247 cm³/mol. The average molecular weight is 981 g/mol. The van der Waals surface area contributed by atoms with Crippen molar-refractivity contribution in [1.29, 1.82) is 0 Å². The zero-order valence-electron chi connectivity index (χ0n) is 39.2. The van der Waals surface area contributed by atoms with Crippen LogP contribution in [-0.2, 0) is 23.7 Å². The van der Waals surface area contributed by atoms with Gasteiger partial charge in [-0.25, -0.2) is 9.59 Å². The number of anilines is 2. The van der Waals surface area contributed by atoms with Crippen molar-refractivity contribution in [2.24, 2.45) is 0 Å². The molecular formula is C49H62F6N4O10. The number of benzene rings is 4. The van der Waals surface area contributed by atoms with Gasteiger partial charge in [0, 0.05) is 22.3 Å². The van der Waals surface area contributed by atoms with Gasteiger partial charge >= 0.3 is 24.4 Å². The van der Waals surface area contributed by atoms with E-state index in [9.17, 15) is 56.4 Å². The van der Waals surface area contributed by atoms with Crippen molar-refractivity contribution in [2.75, 3.05) is 39.1 Å². The summed E-state index contributed by atoms with van der Waals surface area (Å²) < 4.78 is 101. The lowest BCUT2D eigenvalue weighted by Gasteiger charge is -2.26. The van der Waals surface area contributed by atoms with Crippen LogP contribution in [0.25, 0.3) is 0 Å². The SMILES string of the molecule is C.COc1cccc2c1C[C@@H](NC(=O)Nc1cc(C(C)(C)C)cc([C@@H](O)C(F)(F)F)c1OC)[C@H]2O.COc1cccc2c1C[C@@H](NC(=O)Nc1cc(C(C)(C)C)cc([C@H](O)C(F)(F)F)c1OC)[C@H]2O. The molecule has 0 fully saturated rings. The first kappa shape index (κ1) is 55.6. The van der Waals surface area contributed by atoms with Gasteiger partial charge < -0.3 is 60.6 Å². The number of alkyl halides is 6. The summed E-state index contributed by atoms with van der Waals surface area (Å²) in [4.78, 5) is 25.6. The van der Waals surface area contributed by atoms with Crippen LogP contribution in [0.1, 0.15) is 118 Å². The van der Waals surface area contributed by atoms with Gasteiger partial charge in [-0.05, 0) is 82.3 Å². The number of aliphatic hydroxyl groups is 4. The number of amides is 4. The van der Waals surface area contributed by atoms with E-state index in [2.05, 4.69) is 21.3 Å². The molecule has 2 aliphatic rings. The Morgan fingerprint density at radius 1 is 0.580 bits per heavy atom. The van der Waals surface area contributed by atoms with Crippen molar-refractivity contribution in [3.63, 3.8) is 0 Å². The van der Waals surface area contributed by atoms with E-state index in [1.165, 1.54) is 38.5 Å². The van der Waals surface area contributed by atoms with E-state index in [1.54, 1.807) is 77.9 Å². The van der Waals surface area contributed by atoms with Crippen LogP contribution in [0, 0.1) is 0 Å². The number of rotatable bonds is 10. The molecule has 0 radical (unpaired) electrons. The Morgan fingerprint density at radius 2 is 0.913 bits per heavy atom. The molecule has 0 aromatic heterocycles. The second kappa shape index (κ2) is 21.4. The van der Waals surface area contributed by atoms with Gasteiger partial charge in [-0.1, -0.05) is 73.2 Å². The van der Waals surface area contributed by atoms with E-state index >= 15 is 0 Å². The normalized spacial score (nSPS) is 18.5. The molecule has 6 rings (SSSR count). The number of nitrogens with one attached hydrogen (secondary N) is 4. The van der Waals surface area contributed by atoms with Crippen molar-refractivity contribution in [3.8, 4) is 23.0 Å². The third-order valence-electron chi connectivity index (χ3n) is 11.7. The number of carbonyl (C=O) groups is 2. The molecule has 14 nitrogen and oxygen atoms in total. The van der Waals surface area contributed by atoms with Gasteiger partial charge in [0.15, 0.2) is 12.2 Å². The summed E-state index contributed by atoms with van der Waals surface area (Å²) in [6.07, 6.45) is -16.8. The van der Waals surface area contributed by atoms with Crippen LogP contribution in [0.15, 0.2) is 60.7 Å². The number of ether oxygens (including phenoxy) is 4. The summed E-state index contributed by atoms with van der Waals surface area (Å²) in [5, 5.41) is 51.6. The van der Waals surface area contributed by atoms with E-state index in [0.717, 1.165) is 25.3 Å². The van der Waals surface area contributed by atoms with E-state index in [0.29, 0.717) is 46.6 Å². The number of hydrogen-bond acceptors (Lipinski definition) is 10. The first-order chi connectivity index (χ1) is 31.5. The minimum Gasteiger partial charge on any atom is -0.496 e. The van der Waals surface area contributed by atoms with Crippen molar-refractivity contribution in [3.05, 3.63) is 105 Å². The molecule has 2 aliphatic carbocycles. The summed E-state index contributed by atoms with van der Waals surface area (Å²) in [5.74, 6) is 0.577. The second-order valence-electron chi connectivity index (χ2n) is 18.4. The predicted octanol–water partition coefficient (Wildman–Crippen LogP) is 9.39. The minimum atomic E-state index is -4.93.